The van der Waals surface area contributed by atoms with Crippen LogP contribution in [0.25, 0.3) is 0 Å². The highest BCUT2D eigenvalue weighted by molar-refractivity contribution is 5.76. The van der Waals surface area contributed by atoms with Crippen molar-refractivity contribution in [3.63, 3.8) is 0 Å². The predicted octanol–water partition coefficient (Wildman–Crippen LogP) is -3.11. The summed E-state index contributed by atoms with van der Waals surface area (Å²) in [6.45, 7) is 0.994. The Bertz CT molecular complexity index is 687. The molecule has 11 nitrogen and oxygen atoms in total. The lowest BCUT2D eigenvalue weighted by Gasteiger charge is -2.23. The first-order valence-corrected chi connectivity index (χ1v) is 7.31. The molecule has 134 valence electrons. The second kappa shape index (κ2) is 7.68. The van der Waals surface area contributed by atoms with Crippen LogP contribution in [-0.2, 0) is 14.3 Å². The minimum absolute atomic E-state index is 0.272. The van der Waals surface area contributed by atoms with E-state index in [1.807, 2.05) is 0 Å². The van der Waals surface area contributed by atoms with E-state index in [1.54, 1.807) is 6.92 Å². The molecule has 0 saturated carbocycles. The molecular weight excluding hydrogens is 324 g/mol. The number of aromatic amines is 1. The highest BCUT2D eigenvalue weighted by Crippen LogP contribution is 2.30. The molecular formula is C13H20N4O7. The van der Waals surface area contributed by atoms with Crippen molar-refractivity contribution in [2.24, 2.45) is 5.84 Å². The van der Waals surface area contributed by atoms with Gasteiger partial charge in [0.2, 0.25) is 0 Å². The number of carbonyl (C=O) groups excluding carboxylic acids is 1. The third-order valence-electron chi connectivity index (χ3n) is 3.68. The maximum absolute atomic E-state index is 11.9. The number of nitrogens with zero attached hydrogens (tertiary/aromatic N) is 2. The lowest BCUT2D eigenvalue weighted by molar-refractivity contribution is -0.143. The van der Waals surface area contributed by atoms with Crippen LogP contribution in [0, 0.1) is 0 Å². The number of nitrogens with two attached hydrogens (primary N) is 1. The Morgan fingerprint density at radius 3 is 2.83 bits per heavy atom. The van der Waals surface area contributed by atoms with Gasteiger partial charge in [0.25, 0.3) is 11.5 Å². The van der Waals surface area contributed by atoms with E-state index in [1.165, 1.54) is 6.20 Å². The summed E-state index contributed by atoms with van der Waals surface area (Å²) in [6, 6.07) is 1.10. The molecule has 5 N–H and O–H groups in total. The summed E-state index contributed by atoms with van der Waals surface area (Å²) in [4.78, 5) is 36.8. The number of aromatic nitrogens is 2. The van der Waals surface area contributed by atoms with Gasteiger partial charge in [-0.25, -0.2) is 10.6 Å². The average molecular weight is 344 g/mol. The lowest BCUT2D eigenvalue weighted by atomic mass is 10.1. The number of aliphatic hydroxyl groups is 2. The van der Waals surface area contributed by atoms with Crippen LogP contribution in [0.3, 0.4) is 0 Å². The number of nitrogens with one attached hydrogen (secondary N) is 1. The molecule has 1 saturated heterocycles. The molecule has 0 bridgehead atoms. The molecule has 24 heavy (non-hydrogen) atoms. The SMILES string of the molecule is CCN(N)C(=O)CO[C@@H]1[C@H](O)[C@@H](CO)O[C@H]1n1ccc(=O)[nH]c1=O. The van der Waals surface area contributed by atoms with Gasteiger partial charge in [0.1, 0.15) is 24.9 Å². The van der Waals surface area contributed by atoms with Gasteiger partial charge in [0, 0.05) is 18.8 Å². The molecule has 1 aromatic rings. The largest absolute Gasteiger partial charge is 0.394 e. The van der Waals surface area contributed by atoms with E-state index in [0.717, 1.165) is 15.6 Å². The first kappa shape index (κ1) is 18.3. The molecule has 1 aliphatic rings. The first-order chi connectivity index (χ1) is 11.4. The quantitative estimate of drug-likeness (QED) is 0.240. The summed E-state index contributed by atoms with van der Waals surface area (Å²) in [7, 11) is 0. The zero-order valence-corrected chi connectivity index (χ0v) is 13.0. The third kappa shape index (κ3) is 3.71. The van der Waals surface area contributed by atoms with E-state index in [-0.39, 0.29) is 6.54 Å². The van der Waals surface area contributed by atoms with Crippen molar-refractivity contribution >= 4 is 5.91 Å². The van der Waals surface area contributed by atoms with Gasteiger partial charge in [-0.15, -0.1) is 0 Å². The molecule has 1 aliphatic heterocycles. The van der Waals surface area contributed by atoms with Gasteiger partial charge >= 0.3 is 5.69 Å². The molecule has 1 amide bonds. The molecule has 2 heterocycles. The minimum atomic E-state index is -1.28. The van der Waals surface area contributed by atoms with Gasteiger partial charge in [0.05, 0.1) is 6.61 Å². The van der Waals surface area contributed by atoms with Crippen molar-refractivity contribution in [1.82, 2.24) is 14.6 Å². The number of hydrazine groups is 1. The normalized spacial score (nSPS) is 26.5. The maximum Gasteiger partial charge on any atom is 0.330 e. The van der Waals surface area contributed by atoms with Gasteiger partial charge < -0.3 is 19.7 Å². The van der Waals surface area contributed by atoms with Crippen LogP contribution in [0.15, 0.2) is 21.9 Å². The van der Waals surface area contributed by atoms with Crippen LogP contribution in [0.1, 0.15) is 13.2 Å². The van der Waals surface area contributed by atoms with Gasteiger partial charge in [-0.05, 0) is 6.92 Å². The topological polar surface area (TPSA) is 160 Å². The fraction of sp³-hybridized carbons (Fsp3) is 0.615. The van der Waals surface area contributed by atoms with Crippen LogP contribution in [0.5, 0.6) is 0 Å². The smallest absolute Gasteiger partial charge is 0.330 e. The second-order valence-electron chi connectivity index (χ2n) is 5.21. The fourth-order valence-corrected chi connectivity index (χ4v) is 2.33. The predicted molar refractivity (Wildman–Crippen MR) is 79.6 cm³/mol. The fourth-order valence-electron chi connectivity index (χ4n) is 2.33. The minimum Gasteiger partial charge on any atom is -0.394 e. The number of aliphatic hydroxyl groups excluding tert-OH is 2. The summed E-state index contributed by atoms with van der Waals surface area (Å²) in [5, 5.41) is 20.4. The van der Waals surface area contributed by atoms with Gasteiger partial charge in [0.15, 0.2) is 6.23 Å². The Morgan fingerprint density at radius 1 is 1.54 bits per heavy atom. The van der Waals surface area contributed by atoms with Crippen molar-refractivity contribution in [2.45, 2.75) is 31.5 Å². The third-order valence-corrected chi connectivity index (χ3v) is 3.68. The van der Waals surface area contributed by atoms with E-state index in [9.17, 15) is 24.6 Å². The average Bonchev–Trinajstić information content (AvgIpc) is 2.87. The molecule has 0 aromatic carbocycles. The van der Waals surface area contributed by atoms with Crippen LogP contribution in [-0.4, -0.2) is 68.8 Å². The summed E-state index contributed by atoms with van der Waals surface area (Å²) < 4.78 is 11.8. The molecule has 0 spiro atoms. The van der Waals surface area contributed by atoms with Gasteiger partial charge in [-0.1, -0.05) is 0 Å². The van der Waals surface area contributed by atoms with Crippen molar-refractivity contribution in [3.05, 3.63) is 33.1 Å². The Hall–Kier alpha value is -2.05. The molecule has 1 aromatic heterocycles. The number of carbonyl (C=O) groups is 1. The number of rotatable bonds is 6. The van der Waals surface area contributed by atoms with Gasteiger partial charge in [-0.3, -0.25) is 24.1 Å². The monoisotopic (exact) mass is 344 g/mol. The Kier molecular flexibility index (Phi) is 5.85. The number of hydrogen-bond donors (Lipinski definition) is 4. The van der Waals surface area contributed by atoms with E-state index < -0.39 is 54.9 Å². The maximum atomic E-state index is 11.9. The highest BCUT2D eigenvalue weighted by atomic mass is 16.6. The van der Waals surface area contributed by atoms with E-state index in [4.69, 9.17) is 15.3 Å². The standard InChI is InChI=1S/C13H20N4O7/c1-2-17(14)9(20)6-23-11-10(21)7(5-18)24-12(11)16-4-3-8(19)15-13(16)22/h3-4,7,10-12,18,21H,2,5-6,14H2,1H3,(H,15,19,22)/t7-,10-,11-,12-/m1/s1. The van der Waals surface area contributed by atoms with E-state index in [0.29, 0.717) is 0 Å². The zero-order chi connectivity index (χ0) is 17.9. The first-order valence-electron chi connectivity index (χ1n) is 7.31. The van der Waals surface area contributed by atoms with Gasteiger partial charge in [-0.2, -0.15) is 0 Å². The zero-order valence-electron chi connectivity index (χ0n) is 13.0. The lowest BCUT2D eigenvalue weighted by Crippen LogP contribution is -2.44. The number of likely N-dealkylation sites (N-methyl/N-ethyl adjacent to an activating group) is 1. The summed E-state index contributed by atoms with van der Waals surface area (Å²) >= 11 is 0. The molecule has 4 atom stereocenters. The molecule has 11 heteroatoms. The van der Waals surface area contributed by atoms with Crippen LogP contribution < -0.4 is 17.1 Å². The van der Waals surface area contributed by atoms with Crippen LogP contribution in [0.4, 0.5) is 0 Å². The Labute approximate surface area is 136 Å². The molecule has 0 aliphatic carbocycles. The van der Waals surface area contributed by atoms with E-state index >= 15 is 0 Å². The number of hydrogen-bond acceptors (Lipinski definition) is 8. The second-order valence-corrected chi connectivity index (χ2v) is 5.21. The van der Waals surface area contributed by atoms with Crippen molar-refractivity contribution in [1.29, 1.82) is 0 Å². The summed E-state index contributed by atoms with van der Waals surface area (Å²) in [5.41, 5.74) is -1.37. The molecule has 0 unspecified atom stereocenters. The summed E-state index contributed by atoms with van der Waals surface area (Å²) in [6.07, 6.45) is -3.34. The van der Waals surface area contributed by atoms with Crippen LogP contribution >= 0.6 is 0 Å². The number of H-pyrrole nitrogens is 1. The molecule has 1 fully saturated rings. The van der Waals surface area contributed by atoms with Crippen molar-refractivity contribution in [3.8, 4) is 0 Å². The highest BCUT2D eigenvalue weighted by Gasteiger charge is 2.46. The summed E-state index contributed by atoms with van der Waals surface area (Å²) in [5.74, 6) is 4.93. The molecule has 2 rings (SSSR count). The number of ether oxygens (including phenoxy) is 2. The Balaban J connectivity index is 2.22. The Morgan fingerprint density at radius 2 is 2.25 bits per heavy atom. The van der Waals surface area contributed by atoms with Crippen LogP contribution in [0.2, 0.25) is 0 Å². The van der Waals surface area contributed by atoms with E-state index in [2.05, 4.69) is 4.98 Å². The van der Waals surface area contributed by atoms with Crippen molar-refractivity contribution < 1.29 is 24.5 Å². The number of amides is 1. The van der Waals surface area contributed by atoms with Crippen molar-refractivity contribution in [2.75, 3.05) is 19.8 Å². The molecule has 0 radical (unpaired) electrons.